The van der Waals surface area contributed by atoms with Gasteiger partial charge < -0.3 is 9.47 Å². The topological polar surface area (TPSA) is 55.8 Å². The molecule has 29 heavy (non-hydrogen) atoms. The molecule has 0 amide bonds. The van der Waals surface area contributed by atoms with Crippen LogP contribution in [0.4, 0.5) is 0 Å². The molecule has 0 spiro atoms. The normalized spacial score (nSPS) is 16.9. The number of benzene rings is 2. The van der Waals surface area contributed by atoms with Crippen molar-refractivity contribution < 1.29 is 19.1 Å². The van der Waals surface area contributed by atoms with Crippen molar-refractivity contribution in [1.82, 2.24) is 4.90 Å². The number of carbonyl (C=O) groups is 2. The molecule has 1 aliphatic heterocycles. The van der Waals surface area contributed by atoms with E-state index in [1.165, 1.54) is 11.1 Å². The molecule has 0 fully saturated rings. The first-order valence-electron chi connectivity index (χ1n) is 9.97. The number of esters is 2. The van der Waals surface area contributed by atoms with E-state index in [4.69, 9.17) is 9.47 Å². The minimum Gasteiger partial charge on any atom is -0.463 e. The molecule has 0 unspecified atom stereocenters. The van der Waals surface area contributed by atoms with Crippen molar-refractivity contribution in [2.75, 3.05) is 13.2 Å². The maximum atomic E-state index is 12.5. The van der Waals surface area contributed by atoms with Gasteiger partial charge in [0.25, 0.3) is 0 Å². The van der Waals surface area contributed by atoms with Gasteiger partial charge in [-0.25, -0.2) is 9.59 Å². The van der Waals surface area contributed by atoms with Crippen LogP contribution in [0.5, 0.6) is 0 Å². The third-order valence-electron chi connectivity index (χ3n) is 5.73. The zero-order valence-electron chi connectivity index (χ0n) is 17.8. The lowest BCUT2D eigenvalue weighted by Crippen LogP contribution is -2.44. The highest BCUT2D eigenvalue weighted by Gasteiger charge is 2.48. The minimum atomic E-state index is -0.544. The Labute approximate surface area is 172 Å². The van der Waals surface area contributed by atoms with Gasteiger partial charge in [-0.2, -0.15) is 0 Å². The fourth-order valence-electron chi connectivity index (χ4n) is 4.27. The van der Waals surface area contributed by atoms with Crippen LogP contribution in [-0.2, 0) is 31.9 Å². The molecule has 0 atom stereocenters. The summed E-state index contributed by atoms with van der Waals surface area (Å²) < 4.78 is 9.93. The molecular weight excluding hydrogens is 366 g/mol. The maximum absolute atomic E-state index is 12.5. The molecular formula is C24H29NO4. The van der Waals surface area contributed by atoms with Crippen LogP contribution in [0.25, 0.3) is 0 Å². The Morgan fingerprint density at radius 1 is 0.897 bits per heavy atom. The molecule has 3 rings (SSSR count). The Hall–Kier alpha value is -2.66. The summed E-state index contributed by atoms with van der Waals surface area (Å²) in [6.45, 7) is 11.2. The average Bonchev–Trinajstić information content (AvgIpc) is 2.84. The second kappa shape index (κ2) is 7.99. The van der Waals surface area contributed by atoms with E-state index in [1.54, 1.807) is 13.0 Å². The Morgan fingerprint density at radius 3 is 2.21 bits per heavy atom. The second-order valence-electron chi connectivity index (χ2n) is 8.33. The molecule has 0 N–H and O–H groups in total. The Morgan fingerprint density at radius 2 is 1.55 bits per heavy atom. The van der Waals surface area contributed by atoms with E-state index >= 15 is 0 Å². The van der Waals surface area contributed by atoms with E-state index in [9.17, 15) is 9.59 Å². The van der Waals surface area contributed by atoms with Gasteiger partial charge in [-0.15, -0.1) is 0 Å². The number of fused-ring (bicyclic) bond motifs is 1. The lowest BCUT2D eigenvalue weighted by atomic mass is 9.89. The zero-order chi connectivity index (χ0) is 21.2. The highest BCUT2D eigenvalue weighted by atomic mass is 16.6. The van der Waals surface area contributed by atoms with Crippen LogP contribution in [-0.4, -0.2) is 30.1 Å². The van der Waals surface area contributed by atoms with E-state index in [-0.39, 0.29) is 24.3 Å². The third kappa shape index (κ3) is 4.06. The van der Waals surface area contributed by atoms with Gasteiger partial charge in [0.15, 0.2) is 6.61 Å². The van der Waals surface area contributed by atoms with E-state index in [0.717, 1.165) is 12.1 Å². The monoisotopic (exact) mass is 395 g/mol. The van der Waals surface area contributed by atoms with Crippen LogP contribution < -0.4 is 0 Å². The highest BCUT2D eigenvalue weighted by Crippen LogP contribution is 2.50. The SMILES string of the molecule is CCOC(=O)COC(=O)c1ccc2c(c1)C(C)(C)N(Cc1ccccc1)C2(C)C. The van der Waals surface area contributed by atoms with E-state index < -0.39 is 11.9 Å². The summed E-state index contributed by atoms with van der Waals surface area (Å²) in [4.78, 5) is 26.4. The van der Waals surface area contributed by atoms with E-state index in [2.05, 4.69) is 56.9 Å². The van der Waals surface area contributed by atoms with E-state index in [1.807, 2.05) is 18.2 Å². The molecule has 2 aromatic rings. The van der Waals surface area contributed by atoms with Crippen LogP contribution in [0.3, 0.4) is 0 Å². The Bertz CT molecular complexity index is 902. The van der Waals surface area contributed by atoms with Gasteiger partial charge in [0.1, 0.15) is 0 Å². The number of carbonyl (C=O) groups excluding carboxylic acids is 2. The van der Waals surface area contributed by atoms with Crippen LogP contribution in [0.15, 0.2) is 48.5 Å². The zero-order valence-corrected chi connectivity index (χ0v) is 17.8. The van der Waals surface area contributed by atoms with Crippen LogP contribution in [0, 0.1) is 0 Å². The molecule has 154 valence electrons. The second-order valence-corrected chi connectivity index (χ2v) is 8.33. The first kappa shape index (κ1) is 21.1. The van der Waals surface area contributed by atoms with Crippen molar-refractivity contribution in [2.45, 2.75) is 52.2 Å². The van der Waals surface area contributed by atoms with Crippen molar-refractivity contribution in [3.05, 3.63) is 70.8 Å². The van der Waals surface area contributed by atoms with Gasteiger partial charge >= 0.3 is 11.9 Å². The molecule has 2 aromatic carbocycles. The Kier molecular flexibility index (Phi) is 5.80. The standard InChI is InChI=1S/C24H29NO4/c1-6-28-21(26)16-29-22(27)18-12-13-19-20(14-18)24(4,5)25(23(19,2)3)15-17-10-8-7-9-11-17/h7-14H,6,15-16H2,1-5H3. The molecule has 1 aliphatic rings. The predicted octanol–water partition coefficient (Wildman–Crippen LogP) is 4.39. The molecule has 0 bridgehead atoms. The molecule has 0 saturated carbocycles. The highest BCUT2D eigenvalue weighted by molar-refractivity contribution is 5.91. The quantitative estimate of drug-likeness (QED) is 0.679. The first-order chi connectivity index (χ1) is 13.7. The molecule has 5 nitrogen and oxygen atoms in total. The van der Waals surface area contributed by atoms with Gasteiger partial charge in [0, 0.05) is 17.6 Å². The molecule has 0 radical (unpaired) electrons. The predicted molar refractivity (Wildman–Crippen MR) is 111 cm³/mol. The number of ether oxygens (including phenoxy) is 2. The van der Waals surface area contributed by atoms with E-state index in [0.29, 0.717) is 5.56 Å². The van der Waals surface area contributed by atoms with Gasteiger partial charge in [0.05, 0.1) is 12.2 Å². The third-order valence-corrected chi connectivity index (χ3v) is 5.73. The molecule has 5 heteroatoms. The summed E-state index contributed by atoms with van der Waals surface area (Å²) in [6, 6.07) is 16.1. The van der Waals surface area contributed by atoms with Crippen LogP contribution in [0.2, 0.25) is 0 Å². The minimum absolute atomic E-state index is 0.192. The summed E-state index contributed by atoms with van der Waals surface area (Å²) in [7, 11) is 0. The summed E-state index contributed by atoms with van der Waals surface area (Å²) in [5.74, 6) is -1.06. The molecule has 0 saturated heterocycles. The lowest BCUT2D eigenvalue weighted by molar-refractivity contribution is -0.146. The fraction of sp³-hybridized carbons (Fsp3) is 0.417. The lowest BCUT2D eigenvalue weighted by Gasteiger charge is -2.41. The van der Waals surface area contributed by atoms with Crippen LogP contribution in [0.1, 0.15) is 61.7 Å². The van der Waals surface area contributed by atoms with Gasteiger partial charge in [-0.1, -0.05) is 36.4 Å². The molecule has 1 heterocycles. The number of nitrogens with zero attached hydrogens (tertiary/aromatic N) is 1. The number of hydrogen-bond acceptors (Lipinski definition) is 5. The summed E-state index contributed by atoms with van der Waals surface area (Å²) in [5, 5.41) is 0. The average molecular weight is 395 g/mol. The van der Waals surface area contributed by atoms with Gasteiger partial charge in [-0.05, 0) is 63.4 Å². The van der Waals surface area contributed by atoms with Crippen molar-refractivity contribution in [3.8, 4) is 0 Å². The van der Waals surface area contributed by atoms with Gasteiger partial charge in [0.2, 0.25) is 0 Å². The fourth-order valence-corrected chi connectivity index (χ4v) is 4.27. The van der Waals surface area contributed by atoms with Crippen molar-refractivity contribution in [1.29, 1.82) is 0 Å². The number of rotatable bonds is 6. The molecule has 0 aromatic heterocycles. The van der Waals surface area contributed by atoms with Gasteiger partial charge in [-0.3, -0.25) is 4.90 Å². The summed E-state index contributed by atoms with van der Waals surface area (Å²) in [5.41, 5.74) is 3.52. The largest absolute Gasteiger partial charge is 0.463 e. The van der Waals surface area contributed by atoms with Crippen molar-refractivity contribution in [2.24, 2.45) is 0 Å². The number of hydrogen-bond donors (Lipinski definition) is 0. The smallest absolute Gasteiger partial charge is 0.344 e. The maximum Gasteiger partial charge on any atom is 0.344 e. The molecule has 0 aliphatic carbocycles. The summed E-state index contributed by atoms with van der Waals surface area (Å²) >= 11 is 0. The Balaban J connectivity index is 1.86. The summed E-state index contributed by atoms with van der Waals surface area (Å²) in [6.07, 6.45) is 0. The van der Waals surface area contributed by atoms with Crippen LogP contribution >= 0.6 is 0 Å². The van der Waals surface area contributed by atoms with Crippen molar-refractivity contribution >= 4 is 11.9 Å². The van der Waals surface area contributed by atoms with Crippen molar-refractivity contribution in [3.63, 3.8) is 0 Å². The first-order valence-corrected chi connectivity index (χ1v) is 9.97.